The lowest BCUT2D eigenvalue weighted by Crippen LogP contribution is -2.19. The lowest BCUT2D eigenvalue weighted by molar-refractivity contribution is 0.546. The molecule has 1 aromatic heterocycles. The molecule has 4 nitrogen and oxygen atoms in total. The van der Waals surface area contributed by atoms with E-state index in [2.05, 4.69) is 34.3 Å². The SMILES string of the molecule is CCCCN(c1ccccc1)c1nc(CNC2CC2)co1. The second-order valence-corrected chi connectivity index (χ2v) is 5.62. The lowest BCUT2D eigenvalue weighted by atomic mass is 10.2. The van der Waals surface area contributed by atoms with Gasteiger partial charge in [-0.3, -0.25) is 4.90 Å². The van der Waals surface area contributed by atoms with Crippen LogP contribution in [0.4, 0.5) is 11.7 Å². The van der Waals surface area contributed by atoms with E-state index >= 15 is 0 Å². The third kappa shape index (κ3) is 3.85. The summed E-state index contributed by atoms with van der Waals surface area (Å²) in [5, 5.41) is 3.47. The Morgan fingerprint density at radius 1 is 1.29 bits per heavy atom. The molecule has 3 rings (SSSR count). The number of rotatable bonds is 8. The van der Waals surface area contributed by atoms with E-state index < -0.39 is 0 Å². The maximum absolute atomic E-state index is 5.71. The number of unbranched alkanes of at least 4 members (excludes halogenated alkanes) is 1. The second kappa shape index (κ2) is 6.76. The number of hydrogen-bond acceptors (Lipinski definition) is 4. The van der Waals surface area contributed by atoms with Crippen molar-refractivity contribution in [2.75, 3.05) is 11.4 Å². The van der Waals surface area contributed by atoms with Gasteiger partial charge < -0.3 is 9.73 Å². The Morgan fingerprint density at radius 3 is 2.81 bits per heavy atom. The molecule has 0 spiro atoms. The van der Waals surface area contributed by atoms with Crippen LogP contribution in [-0.4, -0.2) is 17.6 Å². The standard InChI is InChI=1S/C17H23N3O/c1-2-3-11-20(16-7-5-4-6-8-16)17-19-15(13-21-17)12-18-14-9-10-14/h4-8,13-14,18H,2-3,9-12H2,1H3. The van der Waals surface area contributed by atoms with Crippen LogP contribution in [0, 0.1) is 0 Å². The summed E-state index contributed by atoms with van der Waals surface area (Å²) in [5.74, 6) is 0. The molecular formula is C17H23N3O. The van der Waals surface area contributed by atoms with E-state index in [0.29, 0.717) is 12.1 Å². The third-order valence-electron chi connectivity index (χ3n) is 3.72. The van der Waals surface area contributed by atoms with Crippen LogP contribution in [0.15, 0.2) is 41.0 Å². The number of anilines is 2. The van der Waals surface area contributed by atoms with Crippen molar-refractivity contribution in [1.82, 2.24) is 10.3 Å². The molecule has 0 atom stereocenters. The minimum Gasteiger partial charge on any atom is -0.431 e. The molecule has 0 bridgehead atoms. The van der Waals surface area contributed by atoms with Crippen molar-refractivity contribution in [2.24, 2.45) is 0 Å². The Hall–Kier alpha value is -1.81. The largest absolute Gasteiger partial charge is 0.431 e. The van der Waals surface area contributed by atoms with Crippen LogP contribution in [0.1, 0.15) is 38.3 Å². The highest BCUT2D eigenvalue weighted by atomic mass is 16.4. The molecule has 2 aromatic rings. The molecule has 1 fully saturated rings. The molecule has 1 aromatic carbocycles. The predicted molar refractivity (Wildman–Crippen MR) is 84.7 cm³/mol. The molecule has 1 saturated carbocycles. The fraction of sp³-hybridized carbons (Fsp3) is 0.471. The Balaban J connectivity index is 1.72. The summed E-state index contributed by atoms with van der Waals surface area (Å²) in [6, 6.07) is 11.7. The molecule has 21 heavy (non-hydrogen) atoms. The van der Waals surface area contributed by atoms with Gasteiger partial charge in [0.25, 0.3) is 0 Å². The number of aromatic nitrogens is 1. The average molecular weight is 285 g/mol. The molecule has 1 aliphatic carbocycles. The Bertz CT molecular complexity index is 548. The molecular weight excluding hydrogens is 262 g/mol. The Morgan fingerprint density at radius 2 is 2.10 bits per heavy atom. The zero-order chi connectivity index (χ0) is 14.5. The normalized spacial score (nSPS) is 14.3. The highest BCUT2D eigenvalue weighted by Crippen LogP contribution is 2.25. The van der Waals surface area contributed by atoms with E-state index in [9.17, 15) is 0 Å². The summed E-state index contributed by atoms with van der Waals surface area (Å²) in [6.07, 6.45) is 6.62. The van der Waals surface area contributed by atoms with Crippen LogP contribution in [0.2, 0.25) is 0 Å². The number of benzene rings is 1. The van der Waals surface area contributed by atoms with E-state index in [1.165, 1.54) is 12.8 Å². The average Bonchev–Trinajstić information content (AvgIpc) is 3.25. The Kier molecular flexibility index (Phi) is 4.55. The lowest BCUT2D eigenvalue weighted by Gasteiger charge is -2.20. The number of nitrogens with zero attached hydrogens (tertiary/aromatic N) is 2. The Labute approximate surface area is 126 Å². The molecule has 0 amide bonds. The van der Waals surface area contributed by atoms with Crippen molar-refractivity contribution >= 4 is 11.7 Å². The molecule has 0 aliphatic heterocycles. The van der Waals surface area contributed by atoms with Gasteiger partial charge in [0.1, 0.15) is 6.26 Å². The summed E-state index contributed by atoms with van der Waals surface area (Å²) < 4.78 is 5.71. The first-order valence-electron chi connectivity index (χ1n) is 7.87. The first kappa shape index (κ1) is 14.1. The van der Waals surface area contributed by atoms with Gasteiger partial charge in [-0.25, -0.2) is 0 Å². The highest BCUT2D eigenvalue weighted by molar-refractivity contribution is 5.55. The summed E-state index contributed by atoms with van der Waals surface area (Å²) >= 11 is 0. The molecule has 0 radical (unpaired) electrons. The van der Waals surface area contributed by atoms with Gasteiger partial charge in [-0.2, -0.15) is 4.98 Å². The second-order valence-electron chi connectivity index (χ2n) is 5.62. The molecule has 1 N–H and O–H groups in total. The van der Waals surface area contributed by atoms with E-state index in [4.69, 9.17) is 4.42 Å². The van der Waals surface area contributed by atoms with Gasteiger partial charge in [0.2, 0.25) is 0 Å². The molecule has 4 heteroatoms. The van der Waals surface area contributed by atoms with Crippen LogP contribution in [0.5, 0.6) is 0 Å². The van der Waals surface area contributed by atoms with E-state index in [1.807, 2.05) is 18.2 Å². The van der Waals surface area contributed by atoms with Gasteiger partial charge in [0.05, 0.1) is 5.69 Å². The smallest absolute Gasteiger partial charge is 0.302 e. The van der Waals surface area contributed by atoms with Crippen LogP contribution in [-0.2, 0) is 6.54 Å². The number of para-hydroxylation sites is 1. The van der Waals surface area contributed by atoms with Gasteiger partial charge in [-0.1, -0.05) is 31.5 Å². The molecule has 0 saturated heterocycles. The van der Waals surface area contributed by atoms with Crippen LogP contribution < -0.4 is 10.2 Å². The number of oxazole rings is 1. The highest BCUT2D eigenvalue weighted by Gasteiger charge is 2.21. The third-order valence-corrected chi connectivity index (χ3v) is 3.72. The van der Waals surface area contributed by atoms with E-state index in [1.54, 1.807) is 6.26 Å². The summed E-state index contributed by atoms with van der Waals surface area (Å²) in [6.45, 7) is 3.92. The monoisotopic (exact) mass is 285 g/mol. The zero-order valence-corrected chi connectivity index (χ0v) is 12.6. The van der Waals surface area contributed by atoms with E-state index in [0.717, 1.165) is 37.3 Å². The van der Waals surface area contributed by atoms with Gasteiger partial charge >= 0.3 is 6.01 Å². The zero-order valence-electron chi connectivity index (χ0n) is 12.6. The van der Waals surface area contributed by atoms with Crippen LogP contribution >= 0.6 is 0 Å². The minimum absolute atomic E-state index is 0.690. The fourth-order valence-corrected chi connectivity index (χ4v) is 2.30. The van der Waals surface area contributed by atoms with Crippen molar-refractivity contribution in [3.63, 3.8) is 0 Å². The van der Waals surface area contributed by atoms with Crippen molar-refractivity contribution in [2.45, 2.75) is 45.2 Å². The van der Waals surface area contributed by atoms with Crippen molar-refractivity contribution in [1.29, 1.82) is 0 Å². The molecule has 0 unspecified atom stereocenters. The minimum atomic E-state index is 0.690. The fourth-order valence-electron chi connectivity index (χ4n) is 2.30. The predicted octanol–water partition coefficient (Wildman–Crippen LogP) is 3.86. The summed E-state index contributed by atoms with van der Waals surface area (Å²) in [4.78, 5) is 6.79. The molecule has 1 heterocycles. The molecule has 112 valence electrons. The summed E-state index contributed by atoms with van der Waals surface area (Å²) in [7, 11) is 0. The van der Waals surface area contributed by atoms with Crippen LogP contribution in [0.3, 0.4) is 0 Å². The maximum atomic E-state index is 5.71. The quantitative estimate of drug-likeness (QED) is 0.799. The van der Waals surface area contributed by atoms with Gasteiger partial charge in [-0.15, -0.1) is 0 Å². The van der Waals surface area contributed by atoms with Crippen molar-refractivity contribution in [3.05, 3.63) is 42.3 Å². The number of nitrogens with one attached hydrogen (secondary N) is 1. The van der Waals surface area contributed by atoms with Crippen molar-refractivity contribution < 1.29 is 4.42 Å². The number of hydrogen-bond donors (Lipinski definition) is 1. The van der Waals surface area contributed by atoms with Crippen LogP contribution in [0.25, 0.3) is 0 Å². The van der Waals surface area contributed by atoms with Gasteiger partial charge in [0.15, 0.2) is 0 Å². The van der Waals surface area contributed by atoms with Crippen molar-refractivity contribution in [3.8, 4) is 0 Å². The van der Waals surface area contributed by atoms with E-state index in [-0.39, 0.29) is 0 Å². The molecule has 1 aliphatic rings. The first-order chi connectivity index (χ1) is 10.4. The maximum Gasteiger partial charge on any atom is 0.302 e. The first-order valence-corrected chi connectivity index (χ1v) is 7.87. The van der Waals surface area contributed by atoms with Gasteiger partial charge in [0, 0.05) is 24.8 Å². The summed E-state index contributed by atoms with van der Waals surface area (Å²) in [5.41, 5.74) is 2.11. The topological polar surface area (TPSA) is 41.3 Å². The van der Waals surface area contributed by atoms with Gasteiger partial charge in [-0.05, 0) is 31.4 Å².